The van der Waals surface area contributed by atoms with Crippen LogP contribution in [0.4, 0.5) is 13.2 Å². The fraction of sp³-hybridized carbons (Fsp3) is 0.605. The normalized spacial score (nSPS) is 14.7. The maximum absolute atomic E-state index is 14.0. The number of aliphatic hydroxyl groups excluding tert-OH is 1. The smallest absolute Gasteiger partial charge is 0.417 e. The third-order valence-electron chi connectivity index (χ3n) is 8.81. The molecular formula is C38H53F3O5. The van der Waals surface area contributed by atoms with Crippen molar-refractivity contribution < 1.29 is 37.0 Å². The number of carbonyl (C=O) groups is 1. The van der Waals surface area contributed by atoms with Crippen LogP contribution in [0.25, 0.3) is 22.3 Å². The van der Waals surface area contributed by atoms with Crippen molar-refractivity contribution in [3.63, 3.8) is 0 Å². The second kappa shape index (κ2) is 15.3. The number of unbranched alkanes of at least 4 members (excludes halogenated alkanes) is 3. The van der Waals surface area contributed by atoms with Crippen molar-refractivity contribution in [3.05, 3.63) is 53.6 Å². The molecule has 2 aromatic carbocycles. The maximum atomic E-state index is 14.0. The highest BCUT2D eigenvalue weighted by Gasteiger charge is 2.47. The summed E-state index contributed by atoms with van der Waals surface area (Å²) in [6.45, 7) is 16.8. The van der Waals surface area contributed by atoms with E-state index in [0.29, 0.717) is 61.0 Å². The van der Waals surface area contributed by atoms with Gasteiger partial charge in [0.2, 0.25) is 0 Å². The van der Waals surface area contributed by atoms with E-state index in [1.807, 2.05) is 27.7 Å². The number of fused-ring (bicyclic) bond motifs is 1. The lowest BCUT2D eigenvalue weighted by Crippen LogP contribution is -2.45. The number of hydrogen-bond donors (Lipinski definition) is 1. The molecule has 0 saturated carbocycles. The molecule has 1 heterocycles. The minimum atomic E-state index is -4.50. The van der Waals surface area contributed by atoms with Crippen LogP contribution in [0.15, 0.2) is 46.9 Å². The molecule has 1 N–H and O–H groups in total. The molecule has 5 nitrogen and oxygen atoms in total. The second-order valence-electron chi connectivity index (χ2n) is 15.1. The molecule has 3 aromatic rings. The van der Waals surface area contributed by atoms with Crippen LogP contribution in [0.3, 0.4) is 0 Å². The lowest BCUT2D eigenvalue weighted by atomic mass is 9.61. The summed E-state index contributed by atoms with van der Waals surface area (Å²) < 4.78 is 59.4. The molecule has 0 aliphatic heterocycles. The Bertz CT molecular complexity index is 1430. The molecule has 0 amide bonds. The first-order chi connectivity index (χ1) is 21.3. The number of halogens is 3. The van der Waals surface area contributed by atoms with E-state index >= 15 is 0 Å². The van der Waals surface area contributed by atoms with Crippen LogP contribution >= 0.6 is 0 Å². The van der Waals surface area contributed by atoms with E-state index in [9.17, 15) is 23.1 Å². The number of benzene rings is 2. The van der Waals surface area contributed by atoms with Crippen LogP contribution in [0.1, 0.15) is 111 Å². The van der Waals surface area contributed by atoms with Crippen molar-refractivity contribution in [2.24, 2.45) is 16.2 Å². The van der Waals surface area contributed by atoms with Crippen molar-refractivity contribution in [1.82, 2.24) is 0 Å². The zero-order valence-corrected chi connectivity index (χ0v) is 28.9. The Kier molecular flexibility index (Phi) is 12.4. The van der Waals surface area contributed by atoms with Crippen LogP contribution in [0.2, 0.25) is 0 Å². The topological polar surface area (TPSA) is 68.9 Å². The number of furan rings is 1. The van der Waals surface area contributed by atoms with Gasteiger partial charge in [0.1, 0.15) is 23.7 Å². The summed E-state index contributed by atoms with van der Waals surface area (Å²) in [4.78, 5) is 13.1. The number of ether oxygens (including phenoxy) is 2. The van der Waals surface area contributed by atoms with Gasteiger partial charge in [-0.25, -0.2) is 0 Å². The molecule has 0 aliphatic carbocycles. The molecule has 2 atom stereocenters. The highest BCUT2D eigenvalue weighted by Crippen LogP contribution is 2.47. The SMILES string of the molecule is CCCCCc1ccc(-c2cc3ccc(OCCCCC(O)COC(=O)C(C)(CC(C)(C)C)C(C)(C)C)cc3o2)c(C(F)(F)F)c1. The Morgan fingerprint density at radius 3 is 2.26 bits per heavy atom. The second-order valence-corrected chi connectivity index (χ2v) is 15.1. The largest absolute Gasteiger partial charge is 0.493 e. The Balaban J connectivity index is 1.53. The molecule has 0 fully saturated rings. The first kappa shape index (κ1) is 37.5. The predicted molar refractivity (Wildman–Crippen MR) is 178 cm³/mol. The van der Waals surface area contributed by atoms with Gasteiger partial charge in [-0.1, -0.05) is 73.4 Å². The number of aliphatic hydroxyl groups is 1. The zero-order chi connectivity index (χ0) is 34.3. The molecule has 0 radical (unpaired) electrons. The number of rotatable bonds is 15. The summed E-state index contributed by atoms with van der Waals surface area (Å²) in [5, 5.41) is 11.1. The average molecular weight is 647 g/mol. The molecule has 0 saturated heterocycles. The fourth-order valence-corrected chi connectivity index (χ4v) is 5.80. The first-order valence-corrected chi connectivity index (χ1v) is 16.6. The molecule has 0 spiro atoms. The van der Waals surface area contributed by atoms with Gasteiger partial charge in [-0.2, -0.15) is 13.2 Å². The van der Waals surface area contributed by atoms with Gasteiger partial charge < -0.3 is 19.0 Å². The molecule has 0 bridgehead atoms. The van der Waals surface area contributed by atoms with Gasteiger partial charge >= 0.3 is 12.1 Å². The fourth-order valence-electron chi connectivity index (χ4n) is 5.80. The Morgan fingerprint density at radius 2 is 1.63 bits per heavy atom. The highest BCUT2D eigenvalue weighted by atomic mass is 19.4. The lowest BCUT2D eigenvalue weighted by molar-refractivity contribution is -0.167. The molecule has 8 heteroatoms. The Hall–Kier alpha value is -3.00. The molecule has 3 rings (SSSR count). The third kappa shape index (κ3) is 10.2. The molecule has 1 aromatic heterocycles. The van der Waals surface area contributed by atoms with Gasteiger partial charge in [0.25, 0.3) is 0 Å². The predicted octanol–water partition coefficient (Wildman–Crippen LogP) is 10.8. The van der Waals surface area contributed by atoms with E-state index in [0.717, 1.165) is 19.3 Å². The summed E-state index contributed by atoms with van der Waals surface area (Å²) >= 11 is 0. The molecule has 2 unspecified atom stereocenters. The van der Waals surface area contributed by atoms with E-state index in [-0.39, 0.29) is 34.7 Å². The molecule has 256 valence electrons. The first-order valence-electron chi connectivity index (χ1n) is 16.6. The van der Waals surface area contributed by atoms with Crippen LogP contribution in [-0.4, -0.2) is 30.4 Å². The van der Waals surface area contributed by atoms with Gasteiger partial charge in [0.05, 0.1) is 23.7 Å². The standard InChI is InChI=1S/C38H53F3O5/c1-9-10-11-14-26-16-19-30(31(21-26)38(39,40)41)33-22-27-17-18-29(23-32(27)46-33)44-20-13-12-15-28(42)24-45-34(43)37(8,36(5,6)7)25-35(2,3)4/h16-19,21-23,28,42H,9-15,20,24-25H2,1-8H3. The Labute approximate surface area is 272 Å². The van der Waals surface area contributed by atoms with Gasteiger partial charge in [-0.05, 0) is 86.1 Å². The van der Waals surface area contributed by atoms with Gasteiger partial charge in [-0.3, -0.25) is 4.79 Å². The summed E-state index contributed by atoms with van der Waals surface area (Å²) in [5.41, 5.74) is -0.601. The zero-order valence-electron chi connectivity index (χ0n) is 28.9. The lowest BCUT2D eigenvalue weighted by Gasteiger charge is -2.43. The van der Waals surface area contributed by atoms with Gasteiger partial charge in [0, 0.05) is 17.0 Å². The Morgan fingerprint density at radius 1 is 0.913 bits per heavy atom. The minimum absolute atomic E-state index is 0.0203. The summed E-state index contributed by atoms with van der Waals surface area (Å²) in [7, 11) is 0. The molecule has 0 aliphatic rings. The van der Waals surface area contributed by atoms with Crippen molar-refractivity contribution in [3.8, 4) is 17.1 Å². The molecular weight excluding hydrogens is 593 g/mol. The van der Waals surface area contributed by atoms with E-state index in [4.69, 9.17) is 13.9 Å². The summed E-state index contributed by atoms with van der Waals surface area (Å²) in [5.74, 6) is 0.420. The van der Waals surface area contributed by atoms with E-state index in [1.54, 1.807) is 30.3 Å². The number of esters is 1. The van der Waals surface area contributed by atoms with Crippen LogP contribution < -0.4 is 4.74 Å². The van der Waals surface area contributed by atoms with E-state index < -0.39 is 23.3 Å². The number of hydrogen-bond acceptors (Lipinski definition) is 5. The van der Waals surface area contributed by atoms with Crippen molar-refractivity contribution >= 4 is 16.9 Å². The van der Waals surface area contributed by atoms with Crippen molar-refractivity contribution in [2.45, 2.75) is 119 Å². The van der Waals surface area contributed by atoms with Crippen LogP contribution in [0, 0.1) is 16.2 Å². The van der Waals surface area contributed by atoms with Crippen LogP contribution in [-0.2, 0) is 22.1 Å². The molecule has 46 heavy (non-hydrogen) atoms. The maximum Gasteiger partial charge on any atom is 0.417 e. The summed E-state index contributed by atoms with van der Waals surface area (Å²) in [6.07, 6.45) is 0.631. The quantitative estimate of drug-likeness (QED) is 0.131. The van der Waals surface area contributed by atoms with E-state index in [1.165, 1.54) is 12.1 Å². The van der Waals surface area contributed by atoms with Gasteiger partial charge in [-0.15, -0.1) is 0 Å². The minimum Gasteiger partial charge on any atom is -0.493 e. The monoisotopic (exact) mass is 646 g/mol. The average Bonchev–Trinajstić information content (AvgIpc) is 3.37. The van der Waals surface area contributed by atoms with E-state index in [2.05, 4.69) is 27.7 Å². The third-order valence-corrected chi connectivity index (χ3v) is 8.81. The number of alkyl halides is 3. The summed E-state index contributed by atoms with van der Waals surface area (Å²) in [6, 6.07) is 11.3. The van der Waals surface area contributed by atoms with Crippen molar-refractivity contribution in [2.75, 3.05) is 13.2 Å². The van der Waals surface area contributed by atoms with Crippen molar-refractivity contribution in [1.29, 1.82) is 0 Å². The number of carbonyl (C=O) groups excluding carboxylic acids is 1. The van der Waals surface area contributed by atoms with Crippen LogP contribution in [0.5, 0.6) is 5.75 Å². The number of aryl methyl sites for hydroxylation is 1. The highest BCUT2D eigenvalue weighted by molar-refractivity contribution is 5.84. The van der Waals surface area contributed by atoms with Gasteiger partial charge in [0.15, 0.2) is 0 Å².